The van der Waals surface area contributed by atoms with Crippen LogP contribution in [-0.2, 0) is 11.3 Å². The van der Waals surface area contributed by atoms with Crippen LogP contribution in [0.5, 0.6) is 0 Å². The van der Waals surface area contributed by atoms with Crippen LogP contribution in [0.3, 0.4) is 0 Å². The zero-order chi connectivity index (χ0) is 30.0. The normalized spacial score (nSPS) is 13.8. The van der Waals surface area contributed by atoms with Gasteiger partial charge in [-0.05, 0) is 18.4 Å². The van der Waals surface area contributed by atoms with E-state index in [4.69, 9.17) is 0 Å². The van der Waals surface area contributed by atoms with E-state index in [9.17, 15) is 20.1 Å². The molecule has 0 aliphatic rings. The minimum absolute atomic E-state index is 0.0115. The number of hydrogen-bond acceptors (Lipinski definition) is 5. The van der Waals surface area contributed by atoms with Gasteiger partial charge in [0.15, 0.2) is 0 Å². The predicted octanol–water partition coefficient (Wildman–Crippen LogP) is 7.14. The maximum atomic E-state index is 12.8. The summed E-state index contributed by atoms with van der Waals surface area (Å²) >= 11 is 0. The lowest BCUT2D eigenvalue weighted by Crippen LogP contribution is -2.54. The molecule has 1 aromatic rings. The first-order valence-corrected chi connectivity index (χ1v) is 17.0. The molecule has 41 heavy (non-hydrogen) atoms. The fraction of sp³-hybridized carbons (Fsp3) is 0.800. The third kappa shape index (κ3) is 20.1. The van der Waals surface area contributed by atoms with Gasteiger partial charge in [-0.1, -0.05) is 147 Å². The highest BCUT2D eigenvalue weighted by Gasteiger charge is 2.29. The third-order valence-corrected chi connectivity index (χ3v) is 8.13. The highest BCUT2D eigenvalue weighted by molar-refractivity contribution is 5.76. The van der Waals surface area contributed by atoms with E-state index in [-0.39, 0.29) is 12.5 Å². The highest BCUT2D eigenvalue weighted by Crippen LogP contribution is 2.16. The van der Waals surface area contributed by atoms with Crippen LogP contribution in [0.1, 0.15) is 141 Å². The molecule has 6 heteroatoms. The molecule has 6 nitrogen and oxygen atoms in total. The third-order valence-electron chi connectivity index (χ3n) is 8.13. The van der Waals surface area contributed by atoms with Crippen LogP contribution in [0.2, 0.25) is 0 Å². The van der Waals surface area contributed by atoms with Crippen LogP contribution in [0.4, 0.5) is 0 Å². The van der Waals surface area contributed by atoms with Gasteiger partial charge in [-0.15, -0.1) is 0 Å². The largest absolute Gasteiger partial charge is 0.395 e. The first kappa shape index (κ1) is 37.6. The second-order valence-corrected chi connectivity index (χ2v) is 12.0. The van der Waals surface area contributed by atoms with Crippen molar-refractivity contribution in [3.05, 3.63) is 35.9 Å². The van der Waals surface area contributed by atoms with Gasteiger partial charge in [0, 0.05) is 26.1 Å². The fourth-order valence-electron chi connectivity index (χ4n) is 5.54. The summed E-state index contributed by atoms with van der Waals surface area (Å²) in [6, 6.07) is 9.41. The number of unbranched alkanes of at least 4 members (excludes halogenated alkanes) is 15. The van der Waals surface area contributed by atoms with Crippen molar-refractivity contribution in [1.82, 2.24) is 10.2 Å². The van der Waals surface area contributed by atoms with Crippen LogP contribution in [0.15, 0.2) is 30.3 Å². The molecule has 1 rings (SSSR count). The summed E-state index contributed by atoms with van der Waals surface area (Å²) in [6.07, 6.45) is 19.4. The molecule has 0 heterocycles. The van der Waals surface area contributed by atoms with Crippen LogP contribution < -0.4 is 5.32 Å². The quantitative estimate of drug-likeness (QED) is 0.0796. The lowest BCUT2D eigenvalue weighted by molar-refractivity contribution is -0.124. The van der Waals surface area contributed by atoms with Crippen molar-refractivity contribution in [3.63, 3.8) is 0 Å². The maximum Gasteiger partial charge on any atom is 0.220 e. The molecular formula is C35H64N2O4. The molecule has 0 fully saturated rings. The Balaban J connectivity index is 2.53. The Morgan fingerprint density at radius 1 is 0.756 bits per heavy atom. The van der Waals surface area contributed by atoms with E-state index in [1.807, 2.05) is 35.2 Å². The number of amides is 1. The summed E-state index contributed by atoms with van der Waals surface area (Å²) in [5.41, 5.74) is 1.11. The average Bonchev–Trinajstić information content (AvgIpc) is 2.97. The lowest BCUT2D eigenvalue weighted by atomic mass is 9.98. The monoisotopic (exact) mass is 576 g/mol. The van der Waals surface area contributed by atoms with E-state index in [0.717, 1.165) is 44.1 Å². The van der Waals surface area contributed by atoms with Crippen molar-refractivity contribution in [2.24, 2.45) is 0 Å². The summed E-state index contributed by atoms with van der Waals surface area (Å²) in [4.78, 5) is 14.9. The molecule has 0 aliphatic heterocycles. The van der Waals surface area contributed by atoms with Crippen molar-refractivity contribution in [1.29, 1.82) is 0 Å². The molecule has 3 atom stereocenters. The van der Waals surface area contributed by atoms with E-state index in [2.05, 4.69) is 19.2 Å². The summed E-state index contributed by atoms with van der Waals surface area (Å²) < 4.78 is 0. The van der Waals surface area contributed by atoms with Crippen molar-refractivity contribution in [2.45, 2.75) is 161 Å². The molecule has 1 amide bonds. The van der Waals surface area contributed by atoms with E-state index in [0.29, 0.717) is 32.5 Å². The number of nitrogens with one attached hydrogen (secondary N) is 1. The topological polar surface area (TPSA) is 93.0 Å². The van der Waals surface area contributed by atoms with Crippen LogP contribution in [0, 0.1) is 0 Å². The number of rotatable bonds is 28. The lowest BCUT2D eigenvalue weighted by Gasteiger charge is -2.33. The molecule has 0 aliphatic carbocycles. The molecule has 238 valence electrons. The molecule has 0 aromatic heterocycles. The maximum absolute atomic E-state index is 12.8. The van der Waals surface area contributed by atoms with Crippen LogP contribution in [0.25, 0.3) is 0 Å². The molecular weight excluding hydrogens is 512 g/mol. The first-order chi connectivity index (χ1) is 20.0. The molecule has 0 radical (unpaired) electrons. The summed E-state index contributed by atoms with van der Waals surface area (Å²) in [5, 5.41) is 34.8. The number of carbonyl (C=O) groups excluding carboxylic acids is 1. The van der Waals surface area contributed by atoms with Gasteiger partial charge in [0.1, 0.15) is 6.10 Å². The Bertz CT molecular complexity index is 717. The molecule has 0 saturated heterocycles. The van der Waals surface area contributed by atoms with Gasteiger partial charge in [-0.2, -0.15) is 0 Å². The molecule has 4 N–H and O–H groups in total. The number of nitrogens with zero attached hydrogens (tertiary/aromatic N) is 1. The first-order valence-electron chi connectivity index (χ1n) is 17.0. The van der Waals surface area contributed by atoms with Crippen LogP contribution >= 0.6 is 0 Å². The van der Waals surface area contributed by atoms with Gasteiger partial charge in [0.05, 0.1) is 18.8 Å². The van der Waals surface area contributed by atoms with E-state index in [1.54, 1.807) is 0 Å². The van der Waals surface area contributed by atoms with Crippen molar-refractivity contribution >= 4 is 5.91 Å². The van der Waals surface area contributed by atoms with Crippen molar-refractivity contribution in [2.75, 3.05) is 19.7 Å². The molecule has 0 spiro atoms. The van der Waals surface area contributed by atoms with Gasteiger partial charge in [0.25, 0.3) is 0 Å². The Hall–Kier alpha value is -1.47. The van der Waals surface area contributed by atoms with Crippen LogP contribution in [-0.4, -0.2) is 64.1 Å². The van der Waals surface area contributed by atoms with Gasteiger partial charge in [-0.25, -0.2) is 0 Å². The average molecular weight is 577 g/mol. The fourth-order valence-corrected chi connectivity index (χ4v) is 5.54. The summed E-state index contributed by atoms with van der Waals surface area (Å²) in [6.45, 7) is 5.82. The number of hydrogen-bond donors (Lipinski definition) is 4. The Morgan fingerprint density at radius 3 is 1.80 bits per heavy atom. The van der Waals surface area contributed by atoms with Gasteiger partial charge >= 0.3 is 0 Å². The van der Waals surface area contributed by atoms with Gasteiger partial charge < -0.3 is 20.6 Å². The number of benzene rings is 1. The second-order valence-electron chi connectivity index (χ2n) is 12.0. The summed E-state index contributed by atoms with van der Waals surface area (Å²) in [7, 11) is 0. The Labute approximate surface area is 252 Å². The molecule has 0 saturated carbocycles. The molecule has 1 aromatic carbocycles. The zero-order valence-corrected chi connectivity index (χ0v) is 26.6. The smallest absolute Gasteiger partial charge is 0.220 e. The van der Waals surface area contributed by atoms with E-state index in [1.165, 1.54) is 70.6 Å². The SMILES string of the molecule is CCCCCCCCCCCCCCC(O)C(O)C(CN(CCO)Cc1ccccc1)NC(=O)CCCCCCC. The number of aliphatic hydroxyl groups is 3. The molecule has 0 bridgehead atoms. The zero-order valence-electron chi connectivity index (χ0n) is 26.6. The number of aliphatic hydroxyl groups excluding tert-OH is 3. The predicted molar refractivity (Wildman–Crippen MR) is 172 cm³/mol. The minimum Gasteiger partial charge on any atom is -0.395 e. The second kappa shape index (κ2) is 26.2. The highest BCUT2D eigenvalue weighted by atomic mass is 16.3. The van der Waals surface area contributed by atoms with Crippen molar-refractivity contribution < 1.29 is 20.1 Å². The minimum atomic E-state index is -1.05. The van der Waals surface area contributed by atoms with E-state index >= 15 is 0 Å². The van der Waals surface area contributed by atoms with Gasteiger partial charge in [-0.3, -0.25) is 9.69 Å². The van der Waals surface area contributed by atoms with E-state index < -0.39 is 18.2 Å². The number of carbonyl (C=O) groups is 1. The standard InChI is InChI=1S/C35H64N2O4/c1-3-5-7-9-10-11-12-13-14-15-17-21-25-33(39)35(41)32(36-34(40)26-22-16-8-6-4-2)30-37(27-28-38)29-31-23-19-18-20-24-31/h18-20,23-24,32-33,35,38-39,41H,3-17,21-22,25-30H2,1-2H3,(H,36,40). The Kier molecular flexibility index (Phi) is 24.0. The molecule has 3 unspecified atom stereocenters. The van der Waals surface area contributed by atoms with Crippen molar-refractivity contribution in [3.8, 4) is 0 Å². The Morgan fingerprint density at radius 2 is 1.27 bits per heavy atom. The summed E-state index contributed by atoms with van der Waals surface area (Å²) in [5.74, 6) is -0.0771. The van der Waals surface area contributed by atoms with Gasteiger partial charge in [0.2, 0.25) is 5.91 Å².